The van der Waals surface area contributed by atoms with E-state index in [2.05, 4.69) is 36.4 Å². The van der Waals surface area contributed by atoms with Crippen molar-refractivity contribution in [2.45, 2.75) is 90.0 Å². The van der Waals surface area contributed by atoms with E-state index in [1.165, 1.54) is 19.1 Å². The van der Waals surface area contributed by atoms with Gasteiger partial charge in [0.2, 0.25) is 17.7 Å². The number of fused-ring (bicyclic) bond motifs is 1. The fourth-order valence-corrected chi connectivity index (χ4v) is 5.17. The van der Waals surface area contributed by atoms with Gasteiger partial charge in [0.1, 0.15) is 11.4 Å². The summed E-state index contributed by atoms with van der Waals surface area (Å²) in [5.41, 5.74) is 1.70. The zero-order chi connectivity index (χ0) is 26.1. The highest BCUT2D eigenvalue weighted by molar-refractivity contribution is 5.73. The lowest BCUT2D eigenvalue weighted by molar-refractivity contribution is -0.120. The number of pyridine rings is 1. The monoisotopic (exact) mass is 501 g/mol. The third-order valence-corrected chi connectivity index (χ3v) is 7.09. The molecule has 1 amide bonds. The summed E-state index contributed by atoms with van der Waals surface area (Å²) in [4.78, 5) is 16.0. The van der Waals surface area contributed by atoms with Crippen molar-refractivity contribution in [1.82, 2.24) is 15.6 Å². The van der Waals surface area contributed by atoms with Crippen molar-refractivity contribution in [3.05, 3.63) is 58.8 Å². The average Bonchev–Trinajstić information content (AvgIpc) is 2.76. The van der Waals surface area contributed by atoms with E-state index in [1.807, 2.05) is 6.07 Å². The molecule has 8 heteroatoms. The maximum absolute atomic E-state index is 14.9. The van der Waals surface area contributed by atoms with Crippen molar-refractivity contribution in [2.75, 3.05) is 6.54 Å². The molecule has 1 aliphatic carbocycles. The van der Waals surface area contributed by atoms with Gasteiger partial charge < -0.3 is 20.5 Å². The number of aromatic nitrogens is 1. The maximum Gasteiger partial charge on any atom is 0.221 e. The molecule has 1 aliphatic heterocycles. The number of carbonyl (C=O) groups is 1. The van der Waals surface area contributed by atoms with E-state index in [0.717, 1.165) is 30.4 Å². The van der Waals surface area contributed by atoms with Gasteiger partial charge in [0.25, 0.3) is 0 Å². The quantitative estimate of drug-likeness (QED) is 0.467. The van der Waals surface area contributed by atoms with E-state index < -0.39 is 18.1 Å². The lowest BCUT2D eigenvalue weighted by atomic mass is 9.73. The molecule has 1 spiro atoms. The summed E-state index contributed by atoms with van der Waals surface area (Å²) in [7, 11) is 0. The van der Waals surface area contributed by atoms with Crippen LogP contribution in [0.1, 0.15) is 76.1 Å². The normalized spacial score (nSPS) is 20.1. The smallest absolute Gasteiger partial charge is 0.221 e. The summed E-state index contributed by atoms with van der Waals surface area (Å²) in [6.07, 6.45) is 3.54. The van der Waals surface area contributed by atoms with E-state index in [0.29, 0.717) is 30.7 Å². The van der Waals surface area contributed by atoms with Gasteiger partial charge in [0, 0.05) is 37.1 Å². The maximum atomic E-state index is 14.9. The number of nitrogens with zero attached hydrogens (tertiary/aromatic N) is 1. The fraction of sp³-hybridized carbons (Fsp3) is 0.571. The highest BCUT2D eigenvalue weighted by atomic mass is 19.1. The number of hydrogen-bond donors (Lipinski definition) is 3. The Morgan fingerprint density at radius 1 is 1.25 bits per heavy atom. The van der Waals surface area contributed by atoms with Gasteiger partial charge in [-0.2, -0.15) is 9.37 Å². The molecule has 0 radical (unpaired) electrons. The fourth-order valence-electron chi connectivity index (χ4n) is 5.17. The second-order valence-corrected chi connectivity index (χ2v) is 11.6. The number of nitrogens with one attached hydrogen (secondary N) is 2. The first kappa shape index (κ1) is 26.5. The van der Waals surface area contributed by atoms with Crippen LogP contribution in [-0.4, -0.2) is 40.3 Å². The summed E-state index contributed by atoms with van der Waals surface area (Å²) < 4.78 is 34.4. The summed E-state index contributed by atoms with van der Waals surface area (Å²) in [5.74, 6) is -0.759. The topological polar surface area (TPSA) is 83.5 Å². The van der Waals surface area contributed by atoms with Gasteiger partial charge in [0.05, 0.1) is 12.1 Å². The lowest BCUT2D eigenvalue weighted by Gasteiger charge is -2.47. The predicted molar refractivity (Wildman–Crippen MR) is 134 cm³/mol. The average molecular weight is 502 g/mol. The van der Waals surface area contributed by atoms with Gasteiger partial charge in [0.15, 0.2) is 0 Å². The molecular formula is C28H37F2N3O3. The molecule has 4 rings (SSSR count). The molecule has 2 aliphatic rings. The number of carbonyl (C=O) groups excluding carboxylic acids is 1. The van der Waals surface area contributed by atoms with Crippen LogP contribution in [0.15, 0.2) is 30.3 Å². The molecule has 1 fully saturated rings. The molecule has 3 N–H and O–H groups in total. The Bertz CT molecular complexity index is 1080. The molecule has 0 saturated heterocycles. The van der Waals surface area contributed by atoms with Crippen LogP contribution in [0.2, 0.25) is 0 Å². The number of halogens is 2. The van der Waals surface area contributed by atoms with E-state index >= 15 is 0 Å². The van der Waals surface area contributed by atoms with Crippen molar-refractivity contribution < 1.29 is 23.4 Å². The predicted octanol–water partition coefficient (Wildman–Crippen LogP) is 4.39. The van der Waals surface area contributed by atoms with Crippen LogP contribution in [-0.2, 0) is 17.6 Å². The van der Waals surface area contributed by atoms with Gasteiger partial charge in [-0.3, -0.25) is 4.79 Å². The zero-order valence-electron chi connectivity index (χ0n) is 21.5. The Morgan fingerprint density at radius 2 is 1.94 bits per heavy atom. The third-order valence-electron chi connectivity index (χ3n) is 7.09. The Labute approximate surface area is 211 Å². The van der Waals surface area contributed by atoms with Crippen LogP contribution >= 0.6 is 0 Å². The highest BCUT2D eigenvalue weighted by Gasteiger charge is 2.46. The van der Waals surface area contributed by atoms with Gasteiger partial charge in [-0.1, -0.05) is 32.9 Å². The Hall–Kier alpha value is -2.58. The summed E-state index contributed by atoms with van der Waals surface area (Å²) in [5, 5.41) is 17.3. The molecule has 6 nitrogen and oxygen atoms in total. The number of ether oxygens (including phenoxy) is 1. The number of rotatable bonds is 8. The minimum absolute atomic E-state index is 0.105. The lowest BCUT2D eigenvalue weighted by Crippen LogP contribution is -2.52. The molecule has 0 unspecified atom stereocenters. The second-order valence-electron chi connectivity index (χ2n) is 11.6. The summed E-state index contributed by atoms with van der Waals surface area (Å²) in [6, 6.07) is 7.15. The number of hydrogen-bond acceptors (Lipinski definition) is 5. The van der Waals surface area contributed by atoms with Gasteiger partial charge in [-0.25, -0.2) is 4.39 Å². The number of aliphatic hydroxyl groups excluding tert-OH is 1. The second kappa shape index (κ2) is 10.4. The molecule has 1 aromatic carbocycles. The van der Waals surface area contributed by atoms with Crippen molar-refractivity contribution >= 4 is 5.91 Å². The van der Waals surface area contributed by atoms with E-state index in [-0.39, 0.29) is 35.3 Å². The van der Waals surface area contributed by atoms with E-state index in [4.69, 9.17) is 4.74 Å². The first-order valence-electron chi connectivity index (χ1n) is 12.7. The molecule has 196 valence electrons. The van der Waals surface area contributed by atoms with Gasteiger partial charge in [-0.05, 0) is 61.3 Å². The van der Waals surface area contributed by atoms with Gasteiger partial charge in [-0.15, -0.1) is 0 Å². The molecule has 1 aromatic heterocycles. The SMILES string of the molecule is CC(=O)N[C@@H](Cc1ccc(F)cc1)[C@H](O)CN[C@H]1CC2(CCC2)Oc2nc(F)c(CC(C)(C)C)cc21. The van der Waals surface area contributed by atoms with E-state index in [1.54, 1.807) is 12.1 Å². The first-order chi connectivity index (χ1) is 16.9. The number of aliphatic hydroxyl groups is 1. The molecule has 2 aromatic rings. The zero-order valence-corrected chi connectivity index (χ0v) is 21.5. The minimum atomic E-state index is -0.898. The molecule has 2 heterocycles. The summed E-state index contributed by atoms with van der Waals surface area (Å²) >= 11 is 0. The van der Waals surface area contributed by atoms with E-state index in [9.17, 15) is 18.7 Å². The third kappa shape index (κ3) is 6.40. The Balaban J connectivity index is 1.53. The standard InChI is InChI=1S/C28H37F2N3O3/c1-17(34)32-22(12-18-6-8-20(29)9-7-18)24(35)16-31-23-15-28(10-5-11-28)36-26-21(23)13-19(25(30)33-26)14-27(2,3)4/h6-9,13,22-24,31,35H,5,10-12,14-16H2,1-4H3,(H,32,34)/t22-,23-,24+/m0/s1. The van der Waals surface area contributed by atoms with Crippen molar-refractivity contribution in [1.29, 1.82) is 0 Å². The Kier molecular flexibility index (Phi) is 7.67. The van der Waals surface area contributed by atoms with Crippen LogP contribution in [0, 0.1) is 17.2 Å². The van der Waals surface area contributed by atoms with Crippen molar-refractivity contribution in [2.24, 2.45) is 5.41 Å². The number of amides is 1. The molecular weight excluding hydrogens is 464 g/mol. The largest absolute Gasteiger partial charge is 0.471 e. The van der Waals surface area contributed by atoms with Crippen LogP contribution in [0.3, 0.4) is 0 Å². The van der Waals surface area contributed by atoms with Gasteiger partial charge >= 0.3 is 0 Å². The molecule has 0 bridgehead atoms. The molecule has 36 heavy (non-hydrogen) atoms. The molecule has 1 saturated carbocycles. The van der Waals surface area contributed by atoms with Crippen LogP contribution in [0.5, 0.6) is 5.88 Å². The highest BCUT2D eigenvalue weighted by Crippen LogP contribution is 2.48. The van der Waals surface area contributed by atoms with Crippen molar-refractivity contribution in [3.8, 4) is 5.88 Å². The van der Waals surface area contributed by atoms with Crippen LogP contribution < -0.4 is 15.4 Å². The Morgan fingerprint density at radius 3 is 2.53 bits per heavy atom. The number of benzene rings is 1. The van der Waals surface area contributed by atoms with Crippen LogP contribution in [0.25, 0.3) is 0 Å². The van der Waals surface area contributed by atoms with Crippen molar-refractivity contribution in [3.63, 3.8) is 0 Å². The minimum Gasteiger partial charge on any atom is -0.471 e. The first-order valence-corrected chi connectivity index (χ1v) is 12.7. The van der Waals surface area contributed by atoms with Crippen LogP contribution in [0.4, 0.5) is 8.78 Å². The summed E-state index contributed by atoms with van der Waals surface area (Å²) in [6.45, 7) is 7.78. The molecule has 3 atom stereocenters.